The van der Waals surface area contributed by atoms with Crippen LogP contribution >= 0.6 is 0 Å². The van der Waals surface area contributed by atoms with Crippen LogP contribution in [0.1, 0.15) is 20.3 Å². The summed E-state index contributed by atoms with van der Waals surface area (Å²) in [6.45, 7) is 5.74. The molecule has 126 valence electrons. The molecule has 1 N–H and O–H groups in total. The van der Waals surface area contributed by atoms with Crippen molar-refractivity contribution in [1.29, 1.82) is 0 Å². The molecule has 1 heterocycles. The third-order valence-corrected chi connectivity index (χ3v) is 4.48. The van der Waals surface area contributed by atoms with Crippen molar-refractivity contribution in [3.8, 4) is 0 Å². The number of para-hydroxylation sites is 2. The molecule has 0 fully saturated rings. The second-order valence-corrected chi connectivity index (χ2v) is 6.00. The van der Waals surface area contributed by atoms with Crippen LogP contribution in [0.4, 0.5) is 0 Å². The summed E-state index contributed by atoms with van der Waals surface area (Å²) < 4.78 is 3.09. The molecule has 0 unspecified atom stereocenters. The van der Waals surface area contributed by atoms with E-state index in [0.717, 1.165) is 24.0 Å². The largest absolute Gasteiger partial charge is 0.353 e. The summed E-state index contributed by atoms with van der Waals surface area (Å²) in [7, 11) is 3.77. The number of likely N-dealkylation sites (N-methyl/N-ethyl adjacent to an activating group) is 1. The Bertz CT molecular complexity index is 732. The number of carbonyl (C=O) groups excluding carboxylic acids is 1. The van der Waals surface area contributed by atoms with Crippen LogP contribution in [0.15, 0.2) is 29.1 Å². The molecule has 23 heavy (non-hydrogen) atoms. The van der Waals surface area contributed by atoms with Crippen LogP contribution in [0.5, 0.6) is 0 Å². The standard InChI is InChI=1S/C17H26N4O2/c1-5-13(2)19(3)11-10-18-16(22)12-21-15-9-7-6-8-14(15)20(4)17(21)23/h6-9,13H,5,10-12H2,1-4H3,(H,18,22)/t13-/m0/s1. The van der Waals surface area contributed by atoms with Crippen LogP contribution in [-0.4, -0.2) is 46.1 Å². The van der Waals surface area contributed by atoms with Gasteiger partial charge in [-0.15, -0.1) is 0 Å². The Balaban J connectivity index is 1.99. The van der Waals surface area contributed by atoms with E-state index in [4.69, 9.17) is 0 Å². The van der Waals surface area contributed by atoms with Crippen molar-refractivity contribution in [2.45, 2.75) is 32.9 Å². The van der Waals surface area contributed by atoms with Gasteiger partial charge >= 0.3 is 5.69 Å². The molecule has 1 amide bonds. The highest BCUT2D eigenvalue weighted by atomic mass is 16.2. The summed E-state index contributed by atoms with van der Waals surface area (Å²) >= 11 is 0. The molecule has 0 aliphatic rings. The summed E-state index contributed by atoms with van der Waals surface area (Å²) in [6.07, 6.45) is 1.08. The van der Waals surface area contributed by atoms with Gasteiger partial charge in [0.25, 0.3) is 0 Å². The molecule has 0 radical (unpaired) electrons. The molecular weight excluding hydrogens is 292 g/mol. The number of aryl methyl sites for hydroxylation is 1. The molecule has 1 aromatic heterocycles. The van der Waals surface area contributed by atoms with Gasteiger partial charge in [-0.05, 0) is 32.5 Å². The normalized spacial score (nSPS) is 12.7. The number of carbonyl (C=O) groups is 1. The number of benzene rings is 1. The van der Waals surface area contributed by atoms with Gasteiger partial charge in [-0.2, -0.15) is 0 Å². The molecule has 0 aliphatic heterocycles. The highest BCUT2D eigenvalue weighted by Gasteiger charge is 2.13. The van der Waals surface area contributed by atoms with Crippen LogP contribution < -0.4 is 11.0 Å². The van der Waals surface area contributed by atoms with Crippen LogP contribution in [0.25, 0.3) is 11.0 Å². The van der Waals surface area contributed by atoms with Gasteiger partial charge in [0.05, 0.1) is 11.0 Å². The molecule has 1 aromatic carbocycles. The molecule has 0 aliphatic carbocycles. The van der Waals surface area contributed by atoms with Gasteiger partial charge in [-0.1, -0.05) is 19.1 Å². The van der Waals surface area contributed by atoms with Crippen LogP contribution in [0.3, 0.4) is 0 Å². The number of hydrogen-bond donors (Lipinski definition) is 1. The van der Waals surface area contributed by atoms with Crippen LogP contribution in [-0.2, 0) is 18.4 Å². The predicted molar refractivity (Wildman–Crippen MR) is 92.6 cm³/mol. The summed E-state index contributed by atoms with van der Waals surface area (Å²) in [6, 6.07) is 7.99. The summed E-state index contributed by atoms with van der Waals surface area (Å²) in [5.74, 6) is -0.138. The Morgan fingerprint density at radius 3 is 2.61 bits per heavy atom. The number of aromatic nitrogens is 2. The zero-order valence-corrected chi connectivity index (χ0v) is 14.4. The second-order valence-electron chi connectivity index (χ2n) is 6.00. The van der Waals surface area contributed by atoms with E-state index in [9.17, 15) is 9.59 Å². The van der Waals surface area contributed by atoms with Gasteiger partial charge in [-0.25, -0.2) is 4.79 Å². The van der Waals surface area contributed by atoms with E-state index in [0.29, 0.717) is 12.6 Å². The fraction of sp³-hybridized carbons (Fsp3) is 0.529. The smallest absolute Gasteiger partial charge is 0.329 e. The number of amides is 1. The lowest BCUT2D eigenvalue weighted by Crippen LogP contribution is -2.39. The highest BCUT2D eigenvalue weighted by molar-refractivity contribution is 5.80. The molecule has 0 bridgehead atoms. The van der Waals surface area contributed by atoms with Crippen LogP contribution in [0, 0.1) is 0 Å². The number of imidazole rings is 1. The van der Waals surface area contributed by atoms with E-state index in [2.05, 4.69) is 31.1 Å². The van der Waals surface area contributed by atoms with E-state index in [-0.39, 0.29) is 18.1 Å². The first-order valence-corrected chi connectivity index (χ1v) is 8.06. The average molecular weight is 318 g/mol. The van der Waals surface area contributed by atoms with Crippen molar-refractivity contribution in [2.24, 2.45) is 7.05 Å². The molecule has 0 spiro atoms. The zero-order valence-electron chi connectivity index (χ0n) is 14.4. The predicted octanol–water partition coefficient (Wildman–Crippen LogP) is 1.19. The number of rotatable bonds is 7. The zero-order chi connectivity index (χ0) is 17.0. The molecule has 1 atom stereocenters. The molecule has 0 saturated heterocycles. The molecule has 6 nitrogen and oxygen atoms in total. The Hall–Kier alpha value is -2.08. The number of fused-ring (bicyclic) bond motifs is 1. The Morgan fingerprint density at radius 1 is 1.30 bits per heavy atom. The monoisotopic (exact) mass is 318 g/mol. The third-order valence-electron chi connectivity index (χ3n) is 4.48. The van der Waals surface area contributed by atoms with Gasteiger partial charge in [-0.3, -0.25) is 13.9 Å². The van der Waals surface area contributed by atoms with Crippen LogP contribution in [0.2, 0.25) is 0 Å². The summed E-state index contributed by atoms with van der Waals surface area (Å²) in [5.41, 5.74) is 1.45. The Kier molecular flexibility index (Phi) is 5.60. The van der Waals surface area contributed by atoms with E-state index in [1.807, 2.05) is 24.3 Å². The lowest BCUT2D eigenvalue weighted by Gasteiger charge is -2.23. The van der Waals surface area contributed by atoms with Gasteiger partial charge < -0.3 is 10.2 Å². The molecular formula is C17H26N4O2. The number of hydrogen-bond acceptors (Lipinski definition) is 3. The Labute approximate surface area is 136 Å². The third kappa shape index (κ3) is 3.82. The Morgan fingerprint density at radius 2 is 1.96 bits per heavy atom. The minimum absolute atomic E-state index is 0.0488. The maximum atomic E-state index is 12.3. The molecule has 6 heteroatoms. The maximum Gasteiger partial charge on any atom is 0.329 e. The van der Waals surface area contributed by atoms with Crippen molar-refractivity contribution in [3.05, 3.63) is 34.7 Å². The topological polar surface area (TPSA) is 59.3 Å². The van der Waals surface area contributed by atoms with Crippen molar-refractivity contribution < 1.29 is 4.79 Å². The van der Waals surface area contributed by atoms with Gasteiger partial charge in [0.2, 0.25) is 5.91 Å². The lowest BCUT2D eigenvalue weighted by atomic mass is 10.2. The fourth-order valence-corrected chi connectivity index (χ4v) is 2.62. The summed E-state index contributed by atoms with van der Waals surface area (Å²) in [4.78, 5) is 26.6. The van der Waals surface area contributed by atoms with E-state index < -0.39 is 0 Å². The molecule has 2 rings (SSSR count). The van der Waals surface area contributed by atoms with Crippen molar-refractivity contribution in [3.63, 3.8) is 0 Å². The van der Waals surface area contributed by atoms with E-state index in [1.54, 1.807) is 11.6 Å². The first-order valence-electron chi connectivity index (χ1n) is 8.06. The SMILES string of the molecule is CC[C@H](C)N(C)CCNC(=O)Cn1c(=O)n(C)c2ccccc21. The molecule has 0 saturated carbocycles. The van der Waals surface area contributed by atoms with Crippen molar-refractivity contribution in [1.82, 2.24) is 19.4 Å². The van der Waals surface area contributed by atoms with Crippen molar-refractivity contribution >= 4 is 16.9 Å². The fourth-order valence-electron chi connectivity index (χ4n) is 2.62. The van der Waals surface area contributed by atoms with Crippen molar-refractivity contribution in [2.75, 3.05) is 20.1 Å². The van der Waals surface area contributed by atoms with Gasteiger partial charge in [0, 0.05) is 26.2 Å². The molecule has 2 aromatic rings. The number of nitrogens with one attached hydrogen (secondary N) is 1. The summed E-state index contributed by atoms with van der Waals surface area (Å²) in [5, 5.41) is 2.89. The number of nitrogens with zero attached hydrogens (tertiary/aromatic N) is 3. The van der Waals surface area contributed by atoms with Gasteiger partial charge in [0.15, 0.2) is 0 Å². The average Bonchev–Trinajstić information content (AvgIpc) is 2.79. The maximum absolute atomic E-state index is 12.3. The first kappa shape index (κ1) is 17.3. The van der Waals surface area contributed by atoms with E-state index in [1.165, 1.54) is 4.57 Å². The quantitative estimate of drug-likeness (QED) is 0.834. The minimum Gasteiger partial charge on any atom is -0.353 e. The lowest BCUT2D eigenvalue weighted by molar-refractivity contribution is -0.121. The first-order chi connectivity index (χ1) is 11.0. The van der Waals surface area contributed by atoms with E-state index >= 15 is 0 Å². The second kappa shape index (κ2) is 7.46. The highest BCUT2D eigenvalue weighted by Crippen LogP contribution is 2.11. The van der Waals surface area contributed by atoms with Gasteiger partial charge in [0.1, 0.15) is 6.54 Å². The minimum atomic E-state index is -0.168.